The first-order valence-corrected chi connectivity index (χ1v) is 12.3. The molecule has 8 nitrogen and oxygen atoms in total. The molecule has 184 valence electrons. The van der Waals surface area contributed by atoms with Crippen molar-refractivity contribution in [2.45, 2.75) is 26.3 Å². The number of amides is 2. The highest BCUT2D eigenvalue weighted by Crippen LogP contribution is 2.24. The van der Waals surface area contributed by atoms with Crippen molar-refractivity contribution in [3.05, 3.63) is 94.5 Å². The van der Waals surface area contributed by atoms with E-state index in [1.807, 2.05) is 77.1 Å². The van der Waals surface area contributed by atoms with Crippen molar-refractivity contribution in [1.82, 2.24) is 24.1 Å². The molecule has 0 atom stereocenters. The predicted octanol–water partition coefficient (Wildman–Crippen LogP) is 3.08. The van der Waals surface area contributed by atoms with E-state index in [2.05, 4.69) is 5.10 Å². The molecule has 0 N–H and O–H groups in total. The summed E-state index contributed by atoms with van der Waals surface area (Å²) in [7, 11) is 0. The van der Waals surface area contributed by atoms with Gasteiger partial charge in [-0.05, 0) is 31.0 Å². The van der Waals surface area contributed by atoms with Gasteiger partial charge in [0.2, 0.25) is 5.91 Å². The maximum atomic E-state index is 13.6. The lowest BCUT2D eigenvalue weighted by Crippen LogP contribution is -2.50. The molecule has 0 unspecified atom stereocenters. The summed E-state index contributed by atoms with van der Waals surface area (Å²) in [6.07, 6.45) is 4.68. The zero-order valence-electron chi connectivity index (χ0n) is 20.3. The van der Waals surface area contributed by atoms with Crippen molar-refractivity contribution in [1.29, 1.82) is 0 Å². The molecular weight excluding hydrogens is 454 g/mol. The van der Waals surface area contributed by atoms with Gasteiger partial charge in [-0.25, -0.2) is 0 Å². The molecule has 0 radical (unpaired) electrons. The number of benzene rings is 2. The SMILES string of the molecule is CCn1cc(C(=O)N2CCN(C(=O)CCc3ccccc3)CC2)c2nn(-c3ccccc3)c(=O)c-2c1. The van der Waals surface area contributed by atoms with Crippen molar-refractivity contribution >= 4 is 11.8 Å². The summed E-state index contributed by atoms with van der Waals surface area (Å²) in [6, 6.07) is 19.2. The summed E-state index contributed by atoms with van der Waals surface area (Å²) in [5, 5.41) is 4.55. The molecule has 0 spiro atoms. The molecule has 2 aromatic rings. The highest BCUT2D eigenvalue weighted by Gasteiger charge is 2.30. The molecule has 2 aromatic carbocycles. The van der Waals surface area contributed by atoms with E-state index >= 15 is 0 Å². The fourth-order valence-electron chi connectivity index (χ4n) is 4.63. The summed E-state index contributed by atoms with van der Waals surface area (Å²) in [5.41, 5.74) is 2.78. The van der Waals surface area contributed by atoms with Gasteiger partial charge < -0.3 is 14.4 Å². The quantitative estimate of drug-likeness (QED) is 0.422. The number of aryl methyl sites for hydroxylation is 2. The highest BCUT2D eigenvalue weighted by molar-refractivity contribution is 6.00. The number of hydrogen-bond acceptors (Lipinski definition) is 4. The van der Waals surface area contributed by atoms with Gasteiger partial charge in [0.05, 0.1) is 16.8 Å². The minimum Gasteiger partial charge on any atom is -0.353 e. The second kappa shape index (κ2) is 10.2. The van der Waals surface area contributed by atoms with E-state index in [4.69, 9.17) is 0 Å². The maximum absolute atomic E-state index is 13.6. The highest BCUT2D eigenvalue weighted by atomic mass is 16.2. The summed E-state index contributed by atoms with van der Waals surface area (Å²) in [6.45, 7) is 4.47. The Morgan fingerprint density at radius 2 is 1.50 bits per heavy atom. The molecule has 0 bridgehead atoms. The lowest BCUT2D eigenvalue weighted by molar-refractivity contribution is -0.132. The zero-order valence-corrected chi connectivity index (χ0v) is 20.3. The number of aromatic nitrogens is 3. The Hall–Kier alpha value is -4.20. The monoisotopic (exact) mass is 483 g/mol. The number of nitrogens with zero attached hydrogens (tertiary/aromatic N) is 5. The van der Waals surface area contributed by atoms with Crippen LogP contribution in [0.25, 0.3) is 16.9 Å². The minimum absolute atomic E-state index is 0.106. The van der Waals surface area contributed by atoms with Crippen molar-refractivity contribution in [3.8, 4) is 16.9 Å². The molecule has 3 heterocycles. The molecule has 5 rings (SSSR count). The molecule has 36 heavy (non-hydrogen) atoms. The van der Waals surface area contributed by atoms with Gasteiger partial charge >= 0.3 is 0 Å². The summed E-state index contributed by atoms with van der Waals surface area (Å²) < 4.78 is 3.20. The number of para-hydroxylation sites is 1. The number of hydrogen-bond donors (Lipinski definition) is 0. The van der Waals surface area contributed by atoms with Crippen LogP contribution in [0.4, 0.5) is 0 Å². The average Bonchev–Trinajstić information content (AvgIpc) is 3.28. The molecule has 0 aromatic heterocycles. The third kappa shape index (κ3) is 4.66. The molecule has 0 aliphatic carbocycles. The van der Waals surface area contributed by atoms with Gasteiger partial charge in [0, 0.05) is 51.5 Å². The van der Waals surface area contributed by atoms with Crippen LogP contribution in [-0.2, 0) is 17.8 Å². The Morgan fingerprint density at radius 1 is 0.861 bits per heavy atom. The summed E-state index contributed by atoms with van der Waals surface area (Å²) in [5.74, 6) is -0.0635. The second-order valence-corrected chi connectivity index (χ2v) is 8.98. The zero-order chi connectivity index (χ0) is 25.1. The molecule has 8 heteroatoms. The van der Waals surface area contributed by atoms with Crippen LogP contribution >= 0.6 is 0 Å². The van der Waals surface area contributed by atoms with E-state index in [0.717, 1.165) is 5.56 Å². The summed E-state index contributed by atoms with van der Waals surface area (Å²) >= 11 is 0. The van der Waals surface area contributed by atoms with Crippen LogP contribution < -0.4 is 5.56 Å². The van der Waals surface area contributed by atoms with Crippen LogP contribution in [-0.4, -0.2) is 62.1 Å². The average molecular weight is 484 g/mol. The number of carbonyl (C=O) groups excluding carboxylic acids is 2. The fraction of sp³-hybridized carbons (Fsp3) is 0.286. The minimum atomic E-state index is -0.248. The first-order valence-electron chi connectivity index (χ1n) is 12.3. The van der Waals surface area contributed by atoms with E-state index < -0.39 is 0 Å². The Bertz CT molecular complexity index is 1390. The summed E-state index contributed by atoms with van der Waals surface area (Å²) in [4.78, 5) is 43.0. The Morgan fingerprint density at radius 3 is 2.17 bits per heavy atom. The van der Waals surface area contributed by atoms with Crippen LogP contribution in [0.15, 0.2) is 77.9 Å². The van der Waals surface area contributed by atoms with Crippen LogP contribution in [0.3, 0.4) is 0 Å². The number of pyridine rings is 1. The van der Waals surface area contributed by atoms with Crippen molar-refractivity contribution in [2.75, 3.05) is 26.2 Å². The lowest BCUT2D eigenvalue weighted by Gasteiger charge is -2.35. The normalized spacial score (nSPS) is 13.8. The van der Waals surface area contributed by atoms with E-state index in [-0.39, 0.29) is 17.4 Å². The Labute approximate surface area is 209 Å². The topological polar surface area (TPSA) is 80.4 Å². The van der Waals surface area contributed by atoms with Crippen LogP contribution in [0, 0.1) is 0 Å². The van der Waals surface area contributed by atoms with Gasteiger partial charge in [-0.1, -0.05) is 48.5 Å². The van der Waals surface area contributed by atoms with Crippen LogP contribution in [0.5, 0.6) is 0 Å². The van der Waals surface area contributed by atoms with Crippen LogP contribution in [0.1, 0.15) is 29.3 Å². The third-order valence-electron chi connectivity index (χ3n) is 6.71. The number of piperazine rings is 1. The van der Waals surface area contributed by atoms with Gasteiger partial charge in [0.15, 0.2) is 0 Å². The lowest BCUT2D eigenvalue weighted by atomic mass is 10.1. The molecular formula is C28H29N5O3. The van der Waals surface area contributed by atoms with Gasteiger partial charge in [-0.15, -0.1) is 0 Å². The first kappa shape index (κ1) is 23.5. The van der Waals surface area contributed by atoms with Gasteiger partial charge in [0.25, 0.3) is 11.5 Å². The van der Waals surface area contributed by atoms with Crippen molar-refractivity contribution < 1.29 is 9.59 Å². The molecule has 2 amide bonds. The number of rotatable bonds is 6. The van der Waals surface area contributed by atoms with Gasteiger partial charge in [-0.3, -0.25) is 14.4 Å². The third-order valence-corrected chi connectivity index (χ3v) is 6.71. The van der Waals surface area contributed by atoms with Gasteiger partial charge in [-0.2, -0.15) is 9.78 Å². The predicted molar refractivity (Wildman–Crippen MR) is 137 cm³/mol. The Balaban J connectivity index is 1.32. The van der Waals surface area contributed by atoms with E-state index in [0.29, 0.717) is 68.1 Å². The van der Waals surface area contributed by atoms with Crippen molar-refractivity contribution in [2.24, 2.45) is 0 Å². The Kier molecular flexibility index (Phi) is 6.66. The van der Waals surface area contributed by atoms with Crippen molar-refractivity contribution in [3.63, 3.8) is 0 Å². The standard InChI is InChI=1S/C28H29N5O3/c1-2-30-19-23(26-24(20-30)28(36)33(29-26)22-11-7-4-8-12-22)27(35)32-17-15-31(16-18-32)25(34)14-13-21-9-5-3-6-10-21/h3-12,19-20H,2,13-18H2,1H3. The number of carbonyl (C=O) groups is 2. The first-order chi connectivity index (χ1) is 17.5. The molecule has 3 aliphatic rings. The second-order valence-electron chi connectivity index (χ2n) is 8.98. The van der Waals surface area contributed by atoms with Crippen LogP contribution in [0.2, 0.25) is 0 Å². The smallest absolute Gasteiger partial charge is 0.282 e. The fourth-order valence-corrected chi connectivity index (χ4v) is 4.63. The van der Waals surface area contributed by atoms with E-state index in [1.165, 1.54) is 4.68 Å². The molecule has 1 fully saturated rings. The van der Waals surface area contributed by atoms with E-state index in [1.54, 1.807) is 17.3 Å². The molecule has 1 saturated heterocycles. The van der Waals surface area contributed by atoms with E-state index in [9.17, 15) is 14.4 Å². The number of fused-ring (bicyclic) bond motifs is 1. The van der Waals surface area contributed by atoms with Gasteiger partial charge in [0.1, 0.15) is 5.69 Å². The molecule has 0 saturated carbocycles. The maximum Gasteiger partial charge on any atom is 0.282 e. The molecule has 3 aliphatic heterocycles. The largest absolute Gasteiger partial charge is 0.353 e.